The number of methoxy groups -OCH3 is 1. The van der Waals surface area contributed by atoms with Gasteiger partial charge in [-0.2, -0.15) is 5.10 Å². The van der Waals surface area contributed by atoms with Crippen LogP contribution in [-0.2, 0) is 9.59 Å². The standard InChI is InChI=1S/C19H18ClN3O3/c1-26-17-7-5-16(6-8-17)23-12-14(10-18(23)24)19(25)22-21-11-13-3-2-4-15(20)9-13/h2-9,11,14H,10,12H2,1H3,(H,22,25)/b21-11+/t14-/m0/s1. The zero-order valence-electron chi connectivity index (χ0n) is 14.2. The van der Waals surface area contributed by atoms with E-state index in [0.29, 0.717) is 17.3 Å². The fraction of sp³-hybridized carbons (Fsp3) is 0.211. The Balaban J connectivity index is 1.59. The third kappa shape index (κ3) is 4.21. The Labute approximate surface area is 156 Å². The Morgan fingerprint density at radius 1 is 1.31 bits per heavy atom. The predicted octanol–water partition coefficient (Wildman–Crippen LogP) is 2.85. The highest BCUT2D eigenvalue weighted by molar-refractivity contribution is 6.30. The van der Waals surface area contributed by atoms with E-state index in [1.165, 1.54) is 6.21 Å². The van der Waals surface area contributed by atoms with E-state index >= 15 is 0 Å². The summed E-state index contributed by atoms with van der Waals surface area (Å²) in [5.41, 5.74) is 4.01. The highest BCUT2D eigenvalue weighted by Gasteiger charge is 2.35. The summed E-state index contributed by atoms with van der Waals surface area (Å²) in [5, 5.41) is 4.54. The van der Waals surface area contributed by atoms with Crippen molar-refractivity contribution in [2.45, 2.75) is 6.42 Å². The van der Waals surface area contributed by atoms with Gasteiger partial charge in [0, 0.05) is 23.7 Å². The summed E-state index contributed by atoms with van der Waals surface area (Å²) in [6.07, 6.45) is 1.67. The summed E-state index contributed by atoms with van der Waals surface area (Å²) in [6, 6.07) is 14.3. The second kappa shape index (κ2) is 8.01. The molecule has 1 heterocycles. The van der Waals surface area contributed by atoms with Crippen LogP contribution in [0.1, 0.15) is 12.0 Å². The third-order valence-corrected chi connectivity index (χ3v) is 4.35. The Hall–Kier alpha value is -2.86. The number of hydrogen-bond donors (Lipinski definition) is 1. The molecule has 3 rings (SSSR count). The summed E-state index contributed by atoms with van der Waals surface area (Å²) in [7, 11) is 1.58. The SMILES string of the molecule is COc1ccc(N2C[C@@H](C(=O)N/N=C/c3cccc(Cl)c3)CC2=O)cc1. The van der Waals surface area contributed by atoms with Gasteiger partial charge in [0.1, 0.15) is 5.75 Å². The number of hydrazone groups is 1. The number of carbonyl (C=O) groups excluding carboxylic acids is 2. The molecule has 2 aromatic rings. The van der Waals surface area contributed by atoms with E-state index < -0.39 is 5.92 Å². The van der Waals surface area contributed by atoms with Crippen molar-refractivity contribution in [3.63, 3.8) is 0 Å². The molecule has 0 aliphatic carbocycles. The quantitative estimate of drug-likeness (QED) is 0.649. The number of hydrogen-bond acceptors (Lipinski definition) is 4. The number of amides is 2. The minimum Gasteiger partial charge on any atom is -0.497 e. The van der Waals surface area contributed by atoms with Gasteiger partial charge in [0.15, 0.2) is 0 Å². The van der Waals surface area contributed by atoms with Crippen LogP contribution in [0.15, 0.2) is 53.6 Å². The molecule has 1 fully saturated rings. The number of ether oxygens (including phenoxy) is 1. The van der Waals surface area contributed by atoms with Crippen LogP contribution in [0, 0.1) is 5.92 Å². The van der Waals surface area contributed by atoms with E-state index in [0.717, 1.165) is 11.3 Å². The van der Waals surface area contributed by atoms with Crippen molar-refractivity contribution in [1.29, 1.82) is 0 Å². The van der Waals surface area contributed by atoms with E-state index in [1.807, 2.05) is 6.07 Å². The van der Waals surface area contributed by atoms with Crippen LogP contribution in [0.5, 0.6) is 5.75 Å². The van der Waals surface area contributed by atoms with Crippen molar-refractivity contribution >= 4 is 35.3 Å². The molecule has 1 saturated heterocycles. The molecule has 2 amide bonds. The molecular weight excluding hydrogens is 354 g/mol. The topological polar surface area (TPSA) is 71.0 Å². The van der Waals surface area contributed by atoms with Crippen LogP contribution in [-0.4, -0.2) is 31.7 Å². The number of halogens is 1. The lowest BCUT2D eigenvalue weighted by molar-refractivity contribution is -0.126. The van der Waals surface area contributed by atoms with E-state index in [2.05, 4.69) is 10.5 Å². The molecule has 1 aliphatic heterocycles. The van der Waals surface area contributed by atoms with Gasteiger partial charge >= 0.3 is 0 Å². The first-order valence-electron chi connectivity index (χ1n) is 8.09. The molecule has 1 N–H and O–H groups in total. The fourth-order valence-corrected chi connectivity index (χ4v) is 2.94. The second-order valence-corrected chi connectivity index (χ2v) is 6.33. The highest BCUT2D eigenvalue weighted by Crippen LogP contribution is 2.26. The molecule has 2 aromatic carbocycles. The van der Waals surface area contributed by atoms with Gasteiger partial charge in [-0.05, 0) is 42.0 Å². The first kappa shape index (κ1) is 17.9. The van der Waals surface area contributed by atoms with Crippen LogP contribution >= 0.6 is 11.6 Å². The van der Waals surface area contributed by atoms with Crippen LogP contribution in [0.3, 0.4) is 0 Å². The summed E-state index contributed by atoms with van der Waals surface area (Å²) in [5.74, 6) is -0.104. The molecule has 0 aromatic heterocycles. The molecule has 26 heavy (non-hydrogen) atoms. The average Bonchev–Trinajstić information content (AvgIpc) is 3.04. The Kier molecular flexibility index (Phi) is 5.53. The Bertz CT molecular complexity index is 836. The Morgan fingerprint density at radius 2 is 2.08 bits per heavy atom. The zero-order chi connectivity index (χ0) is 18.5. The zero-order valence-corrected chi connectivity index (χ0v) is 14.9. The first-order valence-corrected chi connectivity index (χ1v) is 8.47. The van der Waals surface area contributed by atoms with E-state index in [9.17, 15) is 9.59 Å². The number of nitrogens with zero attached hydrogens (tertiary/aromatic N) is 2. The predicted molar refractivity (Wildman–Crippen MR) is 101 cm³/mol. The summed E-state index contributed by atoms with van der Waals surface area (Å²) in [6.45, 7) is 0.323. The highest BCUT2D eigenvalue weighted by atomic mass is 35.5. The molecule has 0 radical (unpaired) electrons. The van der Waals surface area contributed by atoms with Gasteiger partial charge < -0.3 is 9.64 Å². The third-order valence-electron chi connectivity index (χ3n) is 4.12. The van der Waals surface area contributed by atoms with Crippen LogP contribution < -0.4 is 15.1 Å². The van der Waals surface area contributed by atoms with Gasteiger partial charge in [-0.3, -0.25) is 9.59 Å². The molecular formula is C19H18ClN3O3. The number of anilines is 1. The maximum absolute atomic E-state index is 12.3. The molecule has 134 valence electrons. The molecule has 0 spiro atoms. The Morgan fingerprint density at radius 3 is 2.77 bits per heavy atom. The molecule has 1 atom stereocenters. The van der Waals surface area contributed by atoms with E-state index in [1.54, 1.807) is 54.5 Å². The van der Waals surface area contributed by atoms with Gasteiger partial charge in [0.25, 0.3) is 0 Å². The molecule has 0 bridgehead atoms. The average molecular weight is 372 g/mol. The molecule has 0 saturated carbocycles. The van der Waals surface area contributed by atoms with Gasteiger partial charge in [0.05, 0.1) is 19.2 Å². The van der Waals surface area contributed by atoms with Gasteiger partial charge in [-0.15, -0.1) is 0 Å². The normalized spacial score (nSPS) is 16.9. The minimum absolute atomic E-state index is 0.0888. The second-order valence-electron chi connectivity index (χ2n) is 5.89. The molecule has 6 nitrogen and oxygen atoms in total. The van der Waals surface area contributed by atoms with Crippen LogP contribution in [0.25, 0.3) is 0 Å². The van der Waals surface area contributed by atoms with Crippen molar-refractivity contribution in [2.75, 3.05) is 18.6 Å². The lowest BCUT2D eigenvalue weighted by atomic mass is 10.1. The monoisotopic (exact) mass is 371 g/mol. The van der Waals surface area contributed by atoms with Gasteiger partial charge in [-0.1, -0.05) is 23.7 Å². The van der Waals surface area contributed by atoms with E-state index in [-0.39, 0.29) is 18.2 Å². The smallest absolute Gasteiger partial charge is 0.245 e. The number of carbonyl (C=O) groups is 2. The van der Waals surface area contributed by atoms with Crippen molar-refractivity contribution in [3.8, 4) is 5.75 Å². The lowest BCUT2D eigenvalue weighted by Gasteiger charge is -2.16. The van der Waals surface area contributed by atoms with Crippen molar-refractivity contribution in [3.05, 3.63) is 59.1 Å². The molecule has 1 aliphatic rings. The largest absolute Gasteiger partial charge is 0.497 e. The minimum atomic E-state index is -0.443. The number of rotatable bonds is 5. The van der Waals surface area contributed by atoms with Crippen LogP contribution in [0.4, 0.5) is 5.69 Å². The number of nitrogens with one attached hydrogen (secondary N) is 1. The number of benzene rings is 2. The van der Waals surface area contributed by atoms with Gasteiger partial charge in [0.2, 0.25) is 11.8 Å². The van der Waals surface area contributed by atoms with E-state index in [4.69, 9.17) is 16.3 Å². The fourth-order valence-electron chi connectivity index (χ4n) is 2.74. The van der Waals surface area contributed by atoms with Gasteiger partial charge in [-0.25, -0.2) is 5.43 Å². The maximum atomic E-state index is 12.3. The first-order chi connectivity index (χ1) is 12.6. The van der Waals surface area contributed by atoms with Crippen molar-refractivity contribution in [2.24, 2.45) is 11.0 Å². The summed E-state index contributed by atoms with van der Waals surface area (Å²) >= 11 is 5.90. The molecule has 0 unspecified atom stereocenters. The van der Waals surface area contributed by atoms with Crippen molar-refractivity contribution < 1.29 is 14.3 Å². The maximum Gasteiger partial charge on any atom is 0.245 e. The summed E-state index contributed by atoms with van der Waals surface area (Å²) < 4.78 is 5.11. The van der Waals surface area contributed by atoms with Crippen LogP contribution in [0.2, 0.25) is 5.02 Å². The van der Waals surface area contributed by atoms with Crippen molar-refractivity contribution in [1.82, 2.24) is 5.43 Å². The summed E-state index contributed by atoms with van der Waals surface area (Å²) in [4.78, 5) is 26.1. The lowest BCUT2D eigenvalue weighted by Crippen LogP contribution is -2.30. The molecule has 7 heteroatoms.